The van der Waals surface area contributed by atoms with Crippen LogP contribution in [-0.4, -0.2) is 38.0 Å². The topological polar surface area (TPSA) is 81.9 Å². The minimum absolute atomic E-state index is 0.123. The van der Waals surface area contributed by atoms with E-state index < -0.39 is 0 Å². The Labute approximate surface area is 141 Å². The Kier molecular flexibility index (Phi) is 4.77. The zero-order chi connectivity index (χ0) is 16.2. The second-order valence-corrected chi connectivity index (χ2v) is 6.62. The number of ether oxygens (including phenoxy) is 1. The molecular weight excluding hydrogens is 334 g/mol. The smallest absolute Gasteiger partial charge is 0.236 e. The van der Waals surface area contributed by atoms with E-state index in [4.69, 9.17) is 4.74 Å². The highest BCUT2D eigenvalue weighted by Crippen LogP contribution is 2.29. The summed E-state index contributed by atoms with van der Waals surface area (Å²) in [6.45, 7) is 2.56. The fourth-order valence-electron chi connectivity index (χ4n) is 1.90. The molecule has 0 aliphatic carbocycles. The van der Waals surface area contributed by atoms with Crippen molar-refractivity contribution in [1.82, 2.24) is 19.7 Å². The average molecular weight is 349 g/mol. The van der Waals surface area contributed by atoms with E-state index in [1.165, 1.54) is 23.1 Å². The van der Waals surface area contributed by atoms with Crippen LogP contribution in [0.4, 0.5) is 5.13 Å². The first-order valence-corrected chi connectivity index (χ1v) is 8.76. The maximum atomic E-state index is 12.0. The van der Waals surface area contributed by atoms with Gasteiger partial charge in [-0.15, -0.1) is 10.2 Å². The van der Waals surface area contributed by atoms with Crippen molar-refractivity contribution in [2.24, 2.45) is 7.05 Å². The third kappa shape index (κ3) is 3.80. The van der Waals surface area contributed by atoms with E-state index in [1.807, 2.05) is 32.2 Å². The Morgan fingerprint density at radius 1 is 1.48 bits per heavy atom. The molecule has 0 atom stereocenters. The number of aromatic nitrogens is 4. The molecule has 0 spiro atoms. The van der Waals surface area contributed by atoms with Crippen molar-refractivity contribution in [3.8, 4) is 5.75 Å². The van der Waals surface area contributed by atoms with E-state index in [1.54, 1.807) is 10.9 Å². The van der Waals surface area contributed by atoms with Crippen LogP contribution in [0.5, 0.6) is 5.75 Å². The number of aryl methyl sites for hydroxylation is 1. The molecule has 120 valence electrons. The van der Waals surface area contributed by atoms with Gasteiger partial charge in [0.15, 0.2) is 10.3 Å². The first kappa shape index (κ1) is 15.8. The fraction of sp³-hybridized carbons (Fsp3) is 0.286. The summed E-state index contributed by atoms with van der Waals surface area (Å²) >= 11 is 2.76. The van der Waals surface area contributed by atoms with Crippen LogP contribution in [0.2, 0.25) is 0 Å². The summed E-state index contributed by atoms with van der Waals surface area (Å²) in [4.78, 5) is 16.4. The fourth-order valence-corrected chi connectivity index (χ4v) is 3.50. The standard InChI is InChI=1S/C14H15N5O2S2/c1-3-21-9-4-5-10-11(6-9)23-13(16-10)17-12(20)7-22-14-18-15-8-19(14)2/h4-6,8H,3,7H2,1-2H3,(H,16,17,20). The second-order valence-electron chi connectivity index (χ2n) is 4.64. The minimum Gasteiger partial charge on any atom is -0.494 e. The van der Waals surface area contributed by atoms with Gasteiger partial charge in [-0.3, -0.25) is 4.79 Å². The Balaban J connectivity index is 1.64. The van der Waals surface area contributed by atoms with Crippen LogP contribution >= 0.6 is 23.1 Å². The molecular formula is C14H15N5O2S2. The van der Waals surface area contributed by atoms with Gasteiger partial charge in [-0.05, 0) is 25.1 Å². The number of anilines is 1. The highest BCUT2D eigenvalue weighted by molar-refractivity contribution is 7.99. The maximum absolute atomic E-state index is 12.0. The van der Waals surface area contributed by atoms with Gasteiger partial charge in [0.05, 0.1) is 22.6 Å². The first-order chi connectivity index (χ1) is 11.2. The van der Waals surface area contributed by atoms with E-state index in [2.05, 4.69) is 20.5 Å². The number of carbonyl (C=O) groups excluding carboxylic acids is 1. The van der Waals surface area contributed by atoms with Crippen LogP contribution in [0, 0.1) is 0 Å². The van der Waals surface area contributed by atoms with Crippen LogP contribution < -0.4 is 10.1 Å². The molecule has 9 heteroatoms. The molecule has 0 fully saturated rings. The number of benzene rings is 1. The van der Waals surface area contributed by atoms with Gasteiger partial charge in [0, 0.05) is 7.05 Å². The zero-order valence-electron chi connectivity index (χ0n) is 12.6. The summed E-state index contributed by atoms with van der Waals surface area (Å²) in [5, 5.41) is 11.8. The molecule has 0 radical (unpaired) electrons. The number of thiazole rings is 1. The predicted molar refractivity (Wildman–Crippen MR) is 91.1 cm³/mol. The number of carbonyl (C=O) groups is 1. The molecule has 1 amide bonds. The van der Waals surface area contributed by atoms with E-state index >= 15 is 0 Å². The number of hydrogen-bond acceptors (Lipinski definition) is 7. The van der Waals surface area contributed by atoms with Gasteiger partial charge in [-0.1, -0.05) is 23.1 Å². The van der Waals surface area contributed by atoms with Crippen LogP contribution in [0.15, 0.2) is 29.7 Å². The maximum Gasteiger partial charge on any atom is 0.236 e. The van der Waals surface area contributed by atoms with Crippen molar-refractivity contribution in [1.29, 1.82) is 0 Å². The quantitative estimate of drug-likeness (QED) is 0.689. The highest BCUT2D eigenvalue weighted by atomic mass is 32.2. The van der Waals surface area contributed by atoms with Gasteiger partial charge in [-0.25, -0.2) is 4.98 Å². The molecule has 1 aromatic carbocycles. The van der Waals surface area contributed by atoms with Crippen LogP contribution in [0.1, 0.15) is 6.92 Å². The summed E-state index contributed by atoms with van der Waals surface area (Å²) < 4.78 is 8.22. The SMILES string of the molecule is CCOc1ccc2nc(NC(=O)CSc3nncn3C)sc2c1. The van der Waals surface area contributed by atoms with E-state index in [0.29, 0.717) is 16.9 Å². The van der Waals surface area contributed by atoms with Crippen molar-refractivity contribution >= 4 is 44.4 Å². The average Bonchev–Trinajstić information content (AvgIpc) is 3.10. The van der Waals surface area contributed by atoms with Gasteiger partial charge in [-0.2, -0.15) is 0 Å². The van der Waals surface area contributed by atoms with Crippen molar-refractivity contribution in [3.05, 3.63) is 24.5 Å². The number of thioether (sulfide) groups is 1. The normalized spacial score (nSPS) is 10.9. The van der Waals surface area contributed by atoms with Gasteiger partial charge in [0.1, 0.15) is 12.1 Å². The third-order valence-corrected chi connectivity index (χ3v) is 4.89. The number of nitrogens with zero attached hydrogens (tertiary/aromatic N) is 4. The Hall–Kier alpha value is -2.13. The molecule has 0 bridgehead atoms. The largest absolute Gasteiger partial charge is 0.494 e. The molecule has 0 saturated heterocycles. The minimum atomic E-state index is -0.123. The second kappa shape index (κ2) is 6.97. The number of fused-ring (bicyclic) bond motifs is 1. The lowest BCUT2D eigenvalue weighted by Crippen LogP contribution is -2.14. The van der Waals surface area contributed by atoms with E-state index in [-0.39, 0.29) is 11.7 Å². The Morgan fingerprint density at radius 2 is 2.35 bits per heavy atom. The number of nitrogens with one attached hydrogen (secondary N) is 1. The van der Waals surface area contributed by atoms with Crippen molar-refractivity contribution < 1.29 is 9.53 Å². The van der Waals surface area contributed by atoms with Crippen LogP contribution in [0.3, 0.4) is 0 Å². The molecule has 23 heavy (non-hydrogen) atoms. The van der Waals surface area contributed by atoms with Crippen molar-refractivity contribution in [3.63, 3.8) is 0 Å². The highest BCUT2D eigenvalue weighted by Gasteiger charge is 2.11. The molecule has 0 aliphatic heterocycles. The predicted octanol–water partition coefficient (Wildman–Crippen LogP) is 2.55. The first-order valence-electron chi connectivity index (χ1n) is 6.95. The van der Waals surface area contributed by atoms with Gasteiger partial charge in [0.25, 0.3) is 0 Å². The summed E-state index contributed by atoms with van der Waals surface area (Å²) in [6, 6.07) is 5.70. The molecule has 3 aromatic rings. The van der Waals surface area contributed by atoms with Crippen LogP contribution in [-0.2, 0) is 11.8 Å². The van der Waals surface area contributed by atoms with Gasteiger partial charge in [0.2, 0.25) is 5.91 Å². The third-order valence-electron chi connectivity index (χ3n) is 2.92. The molecule has 3 rings (SSSR count). The molecule has 2 heterocycles. The molecule has 1 N–H and O–H groups in total. The van der Waals surface area contributed by atoms with Crippen molar-refractivity contribution in [2.45, 2.75) is 12.1 Å². The lowest BCUT2D eigenvalue weighted by Gasteiger charge is -2.00. The zero-order valence-corrected chi connectivity index (χ0v) is 14.3. The molecule has 7 nitrogen and oxygen atoms in total. The van der Waals surface area contributed by atoms with Gasteiger partial charge < -0.3 is 14.6 Å². The number of hydrogen-bond donors (Lipinski definition) is 1. The lowest BCUT2D eigenvalue weighted by molar-refractivity contribution is -0.113. The molecule has 2 aromatic heterocycles. The summed E-state index contributed by atoms with van der Waals surface area (Å²) in [7, 11) is 1.84. The summed E-state index contributed by atoms with van der Waals surface area (Å²) in [5.74, 6) is 0.939. The lowest BCUT2D eigenvalue weighted by atomic mass is 10.3. The van der Waals surface area contributed by atoms with E-state index in [0.717, 1.165) is 16.0 Å². The molecule has 0 saturated carbocycles. The van der Waals surface area contributed by atoms with E-state index in [9.17, 15) is 4.79 Å². The van der Waals surface area contributed by atoms with Crippen LogP contribution in [0.25, 0.3) is 10.2 Å². The van der Waals surface area contributed by atoms with Crippen molar-refractivity contribution in [2.75, 3.05) is 17.7 Å². The summed E-state index contributed by atoms with van der Waals surface area (Å²) in [6.07, 6.45) is 1.60. The monoisotopic (exact) mass is 349 g/mol. The Morgan fingerprint density at radius 3 is 3.09 bits per heavy atom. The van der Waals surface area contributed by atoms with Gasteiger partial charge >= 0.3 is 0 Å². The molecule has 0 unspecified atom stereocenters. The number of rotatable bonds is 6. The number of amides is 1. The Bertz CT molecular complexity index is 830. The molecule has 0 aliphatic rings. The summed E-state index contributed by atoms with van der Waals surface area (Å²) in [5.41, 5.74) is 0.842.